The monoisotopic (exact) mass is 440 g/mol. The van der Waals surface area contributed by atoms with Crippen LogP contribution in [0.2, 0.25) is 0 Å². The highest BCUT2D eigenvalue weighted by molar-refractivity contribution is 7.94. The molecule has 1 N–H and O–H groups in total. The highest BCUT2D eigenvalue weighted by Gasteiger charge is 2.26. The van der Waals surface area contributed by atoms with E-state index in [0.29, 0.717) is 24.7 Å². The van der Waals surface area contributed by atoms with Gasteiger partial charge in [-0.25, -0.2) is 17.2 Å². The summed E-state index contributed by atoms with van der Waals surface area (Å²) in [6.45, 7) is 1.26. The van der Waals surface area contributed by atoms with Crippen molar-refractivity contribution in [3.05, 3.63) is 47.2 Å². The molecular formula is C17H14F2N4O4S2. The van der Waals surface area contributed by atoms with E-state index in [1.807, 2.05) is 0 Å². The molecule has 0 saturated carbocycles. The van der Waals surface area contributed by atoms with Gasteiger partial charge in [0.15, 0.2) is 0 Å². The van der Waals surface area contributed by atoms with Crippen molar-refractivity contribution >= 4 is 33.0 Å². The van der Waals surface area contributed by atoms with Crippen molar-refractivity contribution in [1.29, 1.82) is 0 Å². The Morgan fingerprint density at radius 3 is 2.69 bits per heavy atom. The topological polar surface area (TPSA) is 105 Å². The van der Waals surface area contributed by atoms with Gasteiger partial charge in [-0.1, -0.05) is 5.16 Å². The molecule has 152 valence electrons. The number of rotatable bonds is 5. The molecule has 8 nitrogen and oxygen atoms in total. The lowest BCUT2D eigenvalue weighted by atomic mass is 10.3. The van der Waals surface area contributed by atoms with E-state index in [4.69, 9.17) is 4.52 Å². The van der Waals surface area contributed by atoms with Gasteiger partial charge in [-0.15, -0.1) is 11.3 Å². The van der Waals surface area contributed by atoms with Gasteiger partial charge in [0.05, 0.1) is 5.69 Å². The molecule has 12 heteroatoms. The molecule has 0 aliphatic carbocycles. The highest BCUT2D eigenvalue weighted by Crippen LogP contribution is 2.29. The van der Waals surface area contributed by atoms with E-state index in [9.17, 15) is 22.0 Å². The number of aromatic nitrogens is 2. The molecule has 1 saturated heterocycles. The summed E-state index contributed by atoms with van der Waals surface area (Å²) in [5.41, 5.74) is -0.0430. The van der Waals surface area contributed by atoms with E-state index in [0.717, 1.165) is 36.3 Å². The molecule has 1 fully saturated rings. The molecule has 3 aromatic rings. The third-order valence-corrected chi connectivity index (χ3v) is 7.08. The number of hydrogen-bond donors (Lipinski definition) is 1. The second kappa shape index (κ2) is 7.52. The van der Waals surface area contributed by atoms with Crippen LogP contribution in [0.1, 0.15) is 23.5 Å². The maximum atomic E-state index is 13.7. The lowest BCUT2D eigenvalue weighted by Gasteiger charge is -2.10. The molecule has 3 heterocycles. The van der Waals surface area contributed by atoms with Crippen LogP contribution in [0.15, 0.2) is 38.4 Å². The Hall–Kier alpha value is -2.86. The maximum absolute atomic E-state index is 13.7. The molecule has 1 aromatic carbocycles. The Balaban J connectivity index is 1.54. The van der Waals surface area contributed by atoms with Crippen molar-refractivity contribution < 1.29 is 26.5 Å². The Kier molecular flexibility index (Phi) is 5.04. The Morgan fingerprint density at radius 1 is 1.21 bits per heavy atom. The van der Waals surface area contributed by atoms with Gasteiger partial charge in [-0.2, -0.15) is 4.98 Å². The van der Waals surface area contributed by atoms with E-state index in [2.05, 4.69) is 14.9 Å². The first-order valence-corrected chi connectivity index (χ1v) is 10.9. The van der Waals surface area contributed by atoms with E-state index in [-0.39, 0.29) is 27.5 Å². The lowest BCUT2D eigenvalue weighted by molar-refractivity contribution is 0.0743. The van der Waals surface area contributed by atoms with Gasteiger partial charge in [0.2, 0.25) is 5.82 Å². The summed E-state index contributed by atoms with van der Waals surface area (Å²) in [5, 5.41) is 5.21. The van der Waals surface area contributed by atoms with Crippen molar-refractivity contribution in [2.45, 2.75) is 17.1 Å². The number of anilines is 1. The molecule has 1 aliphatic rings. The van der Waals surface area contributed by atoms with E-state index < -0.39 is 21.7 Å². The molecule has 0 bridgehead atoms. The number of carbonyl (C=O) groups excluding carboxylic acids is 1. The van der Waals surface area contributed by atoms with Crippen LogP contribution in [0.4, 0.5) is 14.5 Å². The fourth-order valence-corrected chi connectivity index (χ4v) is 5.05. The normalized spacial score (nSPS) is 14.3. The Morgan fingerprint density at radius 2 is 1.97 bits per heavy atom. The largest absolute Gasteiger partial charge is 0.334 e. The van der Waals surface area contributed by atoms with Gasteiger partial charge < -0.3 is 9.42 Å². The SMILES string of the molecule is O=C(c1nc(-c2csc(S(=O)(=O)Nc3ccc(F)cc3F)c2)no1)N1CCCC1. The van der Waals surface area contributed by atoms with Crippen molar-refractivity contribution in [2.75, 3.05) is 17.8 Å². The summed E-state index contributed by atoms with van der Waals surface area (Å²) in [7, 11) is -4.11. The molecule has 0 unspecified atom stereocenters. The van der Waals surface area contributed by atoms with Gasteiger partial charge >= 0.3 is 11.8 Å². The summed E-state index contributed by atoms with van der Waals surface area (Å²) < 4.78 is 58.7. The van der Waals surface area contributed by atoms with Crippen molar-refractivity contribution in [3.63, 3.8) is 0 Å². The van der Waals surface area contributed by atoms with Crippen LogP contribution in [-0.2, 0) is 10.0 Å². The smallest absolute Gasteiger partial charge is 0.316 e. The molecule has 0 radical (unpaired) electrons. The van der Waals surface area contributed by atoms with Gasteiger partial charge in [-0.05, 0) is 31.0 Å². The first-order valence-electron chi connectivity index (χ1n) is 8.53. The summed E-state index contributed by atoms with van der Waals surface area (Å²) in [4.78, 5) is 17.9. The molecule has 0 atom stereocenters. The third-order valence-electron chi connectivity index (χ3n) is 4.28. The molecule has 1 aliphatic heterocycles. The number of amides is 1. The highest BCUT2D eigenvalue weighted by atomic mass is 32.2. The number of thiophene rings is 1. The lowest BCUT2D eigenvalue weighted by Crippen LogP contribution is -2.27. The fourth-order valence-electron chi connectivity index (χ4n) is 2.83. The summed E-state index contributed by atoms with van der Waals surface area (Å²) in [5.74, 6) is -2.31. The number of carbonyl (C=O) groups is 1. The minimum Gasteiger partial charge on any atom is -0.334 e. The first kappa shape index (κ1) is 19.5. The minimum atomic E-state index is -4.11. The minimum absolute atomic E-state index is 0.0678. The van der Waals surface area contributed by atoms with Crippen molar-refractivity contribution in [1.82, 2.24) is 15.0 Å². The molecule has 4 rings (SSSR count). The zero-order valence-corrected chi connectivity index (χ0v) is 16.4. The van der Waals surface area contributed by atoms with Crippen LogP contribution >= 0.6 is 11.3 Å². The number of hydrogen-bond acceptors (Lipinski definition) is 7. The predicted molar refractivity (Wildman–Crippen MR) is 99.9 cm³/mol. The van der Waals surface area contributed by atoms with Crippen molar-refractivity contribution in [2.24, 2.45) is 0 Å². The summed E-state index contributed by atoms with van der Waals surface area (Å²) in [6, 6.07) is 3.80. The standard InChI is InChI=1S/C17H14F2N4O4S2/c18-11-3-4-13(12(19)8-11)22-29(25,26)14-7-10(9-28-14)15-20-16(27-21-15)17(24)23-5-1-2-6-23/h3-4,7-9,22H,1-2,5-6H2. The van der Waals surface area contributed by atoms with Crippen LogP contribution in [0, 0.1) is 11.6 Å². The number of likely N-dealkylation sites (tertiary alicyclic amines) is 1. The van der Waals surface area contributed by atoms with Crippen LogP contribution in [0.25, 0.3) is 11.4 Å². The average molecular weight is 440 g/mol. The van der Waals surface area contributed by atoms with Crippen LogP contribution in [0.5, 0.6) is 0 Å². The fraction of sp³-hybridized carbons (Fsp3) is 0.235. The number of sulfonamides is 1. The van der Waals surface area contributed by atoms with Crippen LogP contribution in [0.3, 0.4) is 0 Å². The third kappa shape index (κ3) is 3.98. The van der Waals surface area contributed by atoms with Crippen molar-refractivity contribution in [3.8, 4) is 11.4 Å². The number of benzene rings is 1. The number of nitrogens with one attached hydrogen (secondary N) is 1. The number of nitrogens with zero attached hydrogens (tertiary/aromatic N) is 3. The van der Waals surface area contributed by atoms with Gasteiger partial charge in [-0.3, -0.25) is 9.52 Å². The first-order chi connectivity index (χ1) is 13.8. The van der Waals surface area contributed by atoms with Crippen LogP contribution in [-0.4, -0.2) is 42.5 Å². The predicted octanol–water partition coefficient (Wildman–Crippen LogP) is 3.11. The zero-order valence-electron chi connectivity index (χ0n) is 14.8. The van der Waals surface area contributed by atoms with Crippen LogP contribution < -0.4 is 4.72 Å². The van der Waals surface area contributed by atoms with Gasteiger partial charge in [0, 0.05) is 30.1 Å². The Labute approximate surface area is 168 Å². The second-order valence-electron chi connectivity index (χ2n) is 6.31. The summed E-state index contributed by atoms with van der Waals surface area (Å²) in [6.07, 6.45) is 1.83. The maximum Gasteiger partial charge on any atom is 0.316 e. The van der Waals surface area contributed by atoms with Gasteiger partial charge in [0.1, 0.15) is 15.8 Å². The van der Waals surface area contributed by atoms with E-state index in [1.165, 1.54) is 11.4 Å². The summed E-state index contributed by atoms with van der Waals surface area (Å²) >= 11 is 0.859. The van der Waals surface area contributed by atoms with Gasteiger partial charge in [0.25, 0.3) is 10.0 Å². The number of halogens is 2. The molecule has 2 aromatic heterocycles. The average Bonchev–Trinajstić information content (AvgIpc) is 3.44. The molecule has 29 heavy (non-hydrogen) atoms. The van der Waals surface area contributed by atoms with E-state index in [1.54, 1.807) is 4.90 Å². The van der Waals surface area contributed by atoms with E-state index >= 15 is 0 Å². The Bertz CT molecular complexity index is 1170. The molecule has 1 amide bonds. The quantitative estimate of drug-likeness (QED) is 0.654. The molecule has 0 spiro atoms. The molecular weight excluding hydrogens is 426 g/mol. The second-order valence-corrected chi connectivity index (χ2v) is 9.13. The zero-order chi connectivity index (χ0) is 20.6.